The largest absolute Gasteiger partial charge is 0.476 e. The maximum absolute atomic E-state index is 13.9. The topological polar surface area (TPSA) is 78.5 Å². The van der Waals surface area contributed by atoms with Gasteiger partial charge < -0.3 is 19.5 Å². The van der Waals surface area contributed by atoms with Gasteiger partial charge >= 0.3 is 0 Å². The summed E-state index contributed by atoms with van der Waals surface area (Å²) in [5.74, 6) is 0.200. The van der Waals surface area contributed by atoms with Crippen molar-refractivity contribution >= 4 is 45.7 Å². The molecule has 0 unspecified atom stereocenters. The average Bonchev–Trinajstić information content (AvgIpc) is 3.58. The number of para-hydroxylation sites is 1. The van der Waals surface area contributed by atoms with Gasteiger partial charge in [-0.05, 0) is 57.0 Å². The maximum Gasteiger partial charge on any atom is 0.273 e. The SMILES string of the molecule is CC(C)(Oc1ccccc1Cl)C(=O)N1CCC(c2nc(C(=O)N3CCc4[nH]c5ccc(F)cc5c4C3)cs2)CC1. The summed E-state index contributed by atoms with van der Waals surface area (Å²) in [7, 11) is 0. The number of ether oxygens (including phenoxy) is 1. The average molecular weight is 581 g/mol. The highest BCUT2D eigenvalue weighted by Crippen LogP contribution is 2.34. The minimum absolute atomic E-state index is 0.0810. The van der Waals surface area contributed by atoms with Crippen molar-refractivity contribution in [3.63, 3.8) is 0 Å². The number of piperidine rings is 1. The Morgan fingerprint density at radius 1 is 1.12 bits per heavy atom. The predicted molar refractivity (Wildman–Crippen MR) is 154 cm³/mol. The Hall–Kier alpha value is -3.43. The number of hydrogen-bond acceptors (Lipinski definition) is 5. The fraction of sp³-hybridized carbons (Fsp3) is 0.367. The quantitative estimate of drug-likeness (QED) is 0.306. The molecule has 0 radical (unpaired) electrons. The van der Waals surface area contributed by atoms with E-state index in [4.69, 9.17) is 21.3 Å². The van der Waals surface area contributed by atoms with E-state index in [9.17, 15) is 14.0 Å². The lowest BCUT2D eigenvalue weighted by Gasteiger charge is -2.36. The molecule has 0 saturated carbocycles. The number of H-pyrrole nitrogens is 1. The first-order valence-corrected chi connectivity index (χ1v) is 14.7. The van der Waals surface area contributed by atoms with Crippen LogP contribution >= 0.6 is 22.9 Å². The number of nitrogens with zero attached hydrogens (tertiary/aromatic N) is 3. The maximum atomic E-state index is 13.9. The fourth-order valence-corrected chi connectivity index (χ4v) is 6.79. The number of aromatic amines is 1. The lowest BCUT2D eigenvalue weighted by Crippen LogP contribution is -2.51. The molecule has 0 spiro atoms. The number of nitrogens with one attached hydrogen (secondary N) is 1. The van der Waals surface area contributed by atoms with Gasteiger partial charge in [-0.1, -0.05) is 23.7 Å². The Labute approximate surface area is 240 Å². The summed E-state index contributed by atoms with van der Waals surface area (Å²) in [6, 6.07) is 11.9. The second kappa shape index (κ2) is 10.5. The molecule has 7 nitrogen and oxygen atoms in total. The van der Waals surface area contributed by atoms with Crippen molar-refractivity contribution in [1.29, 1.82) is 0 Å². The molecule has 2 aliphatic heterocycles. The van der Waals surface area contributed by atoms with E-state index in [1.54, 1.807) is 36.9 Å². The van der Waals surface area contributed by atoms with Crippen LogP contribution in [0.1, 0.15) is 59.4 Å². The van der Waals surface area contributed by atoms with Gasteiger partial charge in [0.1, 0.15) is 17.3 Å². The number of likely N-dealkylation sites (tertiary alicyclic amines) is 1. The number of benzene rings is 2. The van der Waals surface area contributed by atoms with Crippen molar-refractivity contribution in [2.24, 2.45) is 0 Å². The number of rotatable bonds is 5. The van der Waals surface area contributed by atoms with E-state index in [1.165, 1.54) is 23.5 Å². The van der Waals surface area contributed by atoms with Gasteiger partial charge in [-0.15, -0.1) is 11.3 Å². The van der Waals surface area contributed by atoms with E-state index in [-0.39, 0.29) is 23.5 Å². The van der Waals surface area contributed by atoms with Crippen LogP contribution in [0.15, 0.2) is 47.8 Å². The van der Waals surface area contributed by atoms with Crippen LogP contribution in [0.4, 0.5) is 4.39 Å². The molecule has 4 heterocycles. The Kier molecular flexibility index (Phi) is 7.04. The third-order valence-electron chi connectivity index (χ3n) is 7.81. The van der Waals surface area contributed by atoms with E-state index in [1.807, 2.05) is 22.4 Å². The number of hydrogen-bond donors (Lipinski definition) is 1. The molecule has 1 saturated heterocycles. The Bertz CT molecular complexity index is 1590. The molecule has 2 aromatic heterocycles. The molecule has 2 amide bonds. The molecular formula is C30H30ClFN4O3S. The lowest BCUT2D eigenvalue weighted by molar-refractivity contribution is -0.146. The van der Waals surface area contributed by atoms with Gasteiger partial charge in [0.25, 0.3) is 11.8 Å². The van der Waals surface area contributed by atoms with Crippen molar-refractivity contribution in [2.75, 3.05) is 19.6 Å². The van der Waals surface area contributed by atoms with Crippen molar-refractivity contribution < 1.29 is 18.7 Å². The molecule has 10 heteroatoms. The molecule has 1 N–H and O–H groups in total. The van der Waals surface area contributed by atoms with Crippen LogP contribution < -0.4 is 4.74 Å². The first kappa shape index (κ1) is 26.8. The highest BCUT2D eigenvalue weighted by Gasteiger charge is 2.37. The number of aromatic nitrogens is 2. The zero-order chi connectivity index (χ0) is 28.0. The van der Waals surface area contributed by atoms with Crippen LogP contribution in [0.5, 0.6) is 5.75 Å². The second-order valence-electron chi connectivity index (χ2n) is 10.9. The molecule has 0 bridgehead atoms. The highest BCUT2D eigenvalue weighted by molar-refractivity contribution is 7.09. The van der Waals surface area contributed by atoms with Crippen molar-refractivity contribution in [3.05, 3.63) is 80.6 Å². The van der Waals surface area contributed by atoms with Crippen molar-refractivity contribution in [1.82, 2.24) is 19.8 Å². The molecule has 40 heavy (non-hydrogen) atoms. The number of thiazole rings is 1. The first-order valence-electron chi connectivity index (χ1n) is 13.5. The molecule has 208 valence electrons. The summed E-state index contributed by atoms with van der Waals surface area (Å²) < 4.78 is 19.9. The second-order valence-corrected chi connectivity index (χ2v) is 12.2. The molecule has 0 aliphatic carbocycles. The van der Waals surface area contributed by atoms with E-state index >= 15 is 0 Å². The van der Waals surface area contributed by atoms with E-state index in [0.717, 1.165) is 40.0 Å². The van der Waals surface area contributed by atoms with Gasteiger partial charge in [0.15, 0.2) is 5.60 Å². The van der Waals surface area contributed by atoms with E-state index in [0.29, 0.717) is 49.1 Å². The van der Waals surface area contributed by atoms with Crippen molar-refractivity contribution in [3.8, 4) is 5.75 Å². The fourth-order valence-electron chi connectivity index (χ4n) is 5.65. The zero-order valence-electron chi connectivity index (χ0n) is 22.4. The number of carbonyl (C=O) groups excluding carboxylic acids is 2. The normalized spacial score (nSPS) is 16.3. The minimum Gasteiger partial charge on any atom is -0.476 e. The molecule has 2 aromatic carbocycles. The molecule has 0 atom stereocenters. The van der Waals surface area contributed by atoms with Crippen LogP contribution in [-0.2, 0) is 17.8 Å². The van der Waals surface area contributed by atoms with Crippen LogP contribution in [0.2, 0.25) is 5.02 Å². The third kappa shape index (κ3) is 5.08. The highest BCUT2D eigenvalue weighted by atomic mass is 35.5. The van der Waals surface area contributed by atoms with Crippen LogP contribution in [0.25, 0.3) is 10.9 Å². The summed E-state index contributed by atoms with van der Waals surface area (Å²) in [6.07, 6.45) is 2.23. The van der Waals surface area contributed by atoms with Gasteiger partial charge in [0.05, 0.1) is 10.0 Å². The number of carbonyl (C=O) groups is 2. The minimum atomic E-state index is -1.05. The molecular weight excluding hydrogens is 551 g/mol. The van der Waals surface area contributed by atoms with Crippen LogP contribution in [-0.4, -0.2) is 56.8 Å². The third-order valence-corrected chi connectivity index (χ3v) is 9.13. The van der Waals surface area contributed by atoms with Gasteiger partial charge in [0.2, 0.25) is 0 Å². The Balaban J connectivity index is 1.08. The first-order chi connectivity index (χ1) is 19.2. The summed E-state index contributed by atoms with van der Waals surface area (Å²) in [5, 5.41) is 4.05. The molecule has 4 aromatic rings. The molecule has 6 rings (SSSR count). The molecule has 2 aliphatic rings. The predicted octanol–water partition coefficient (Wildman–Crippen LogP) is 6.18. The summed E-state index contributed by atoms with van der Waals surface area (Å²) >= 11 is 7.73. The van der Waals surface area contributed by atoms with Gasteiger partial charge in [-0.3, -0.25) is 9.59 Å². The number of amides is 2. The Morgan fingerprint density at radius 2 is 1.90 bits per heavy atom. The molecule has 1 fully saturated rings. The summed E-state index contributed by atoms with van der Waals surface area (Å²) in [4.78, 5) is 38.4. The standard InChI is InChI=1S/C30H30ClFN4O3S/c1-30(2,39-26-6-4-3-5-22(26)31)29(38)35-12-9-18(10-13-35)27-34-25(17-40-27)28(37)36-14-11-24-21(16-36)20-15-19(32)7-8-23(20)33-24/h3-8,15,17-18,33H,9-14,16H2,1-2H3. The van der Waals surface area contributed by atoms with Crippen LogP contribution in [0.3, 0.4) is 0 Å². The smallest absolute Gasteiger partial charge is 0.273 e. The van der Waals surface area contributed by atoms with E-state index < -0.39 is 5.60 Å². The number of fused-ring (bicyclic) bond motifs is 3. The zero-order valence-corrected chi connectivity index (χ0v) is 23.9. The monoisotopic (exact) mass is 580 g/mol. The van der Waals surface area contributed by atoms with Gasteiger partial charge in [-0.2, -0.15) is 0 Å². The van der Waals surface area contributed by atoms with Gasteiger partial charge in [0, 0.05) is 66.1 Å². The number of halogens is 2. The van der Waals surface area contributed by atoms with E-state index in [2.05, 4.69) is 4.98 Å². The van der Waals surface area contributed by atoms with Crippen LogP contribution in [0, 0.1) is 5.82 Å². The van der Waals surface area contributed by atoms with Crippen molar-refractivity contribution in [2.45, 2.75) is 51.2 Å². The Morgan fingerprint density at radius 3 is 2.67 bits per heavy atom. The summed E-state index contributed by atoms with van der Waals surface area (Å²) in [5.41, 5.74) is 2.32. The summed E-state index contributed by atoms with van der Waals surface area (Å²) in [6.45, 7) is 5.72. The lowest BCUT2D eigenvalue weighted by atomic mass is 9.96. The van der Waals surface area contributed by atoms with Gasteiger partial charge in [-0.25, -0.2) is 9.37 Å².